The van der Waals surface area contributed by atoms with Crippen molar-refractivity contribution >= 4 is 5.96 Å². The zero-order valence-electron chi connectivity index (χ0n) is 13.6. The van der Waals surface area contributed by atoms with Gasteiger partial charge in [-0.05, 0) is 31.6 Å². The van der Waals surface area contributed by atoms with Crippen molar-refractivity contribution in [2.45, 2.75) is 53.6 Å². The average molecular weight is 271 g/mol. The first-order valence-electron chi connectivity index (χ1n) is 7.57. The van der Waals surface area contributed by atoms with Crippen molar-refractivity contribution in [1.82, 2.24) is 10.6 Å². The lowest BCUT2D eigenvalue weighted by atomic mass is 10.0. The van der Waals surface area contributed by atoms with Crippen molar-refractivity contribution in [2.24, 2.45) is 16.8 Å². The molecule has 0 heterocycles. The van der Waals surface area contributed by atoms with Gasteiger partial charge in [0, 0.05) is 26.7 Å². The third-order valence-electron chi connectivity index (χ3n) is 3.08. The summed E-state index contributed by atoms with van der Waals surface area (Å²) in [6.07, 6.45) is 2.50. The van der Waals surface area contributed by atoms with Gasteiger partial charge in [0.2, 0.25) is 0 Å². The van der Waals surface area contributed by atoms with Gasteiger partial charge in [-0.15, -0.1) is 0 Å². The maximum Gasteiger partial charge on any atom is 0.190 e. The zero-order chi connectivity index (χ0) is 14.7. The maximum atomic E-state index is 5.73. The van der Waals surface area contributed by atoms with E-state index in [2.05, 4.69) is 50.2 Å². The van der Waals surface area contributed by atoms with Gasteiger partial charge in [0.15, 0.2) is 5.96 Å². The summed E-state index contributed by atoms with van der Waals surface area (Å²) in [6, 6.07) is 0. The fourth-order valence-electron chi connectivity index (χ4n) is 1.86. The molecule has 0 saturated carbocycles. The van der Waals surface area contributed by atoms with E-state index in [9.17, 15) is 0 Å². The third kappa shape index (κ3) is 9.77. The number of nitrogens with zero attached hydrogens (tertiary/aromatic N) is 1. The summed E-state index contributed by atoms with van der Waals surface area (Å²) in [5.41, 5.74) is 0. The molecule has 0 aliphatic heterocycles. The largest absolute Gasteiger partial charge is 0.378 e. The first-order valence-corrected chi connectivity index (χ1v) is 7.57. The van der Waals surface area contributed by atoms with E-state index in [1.54, 1.807) is 0 Å². The van der Waals surface area contributed by atoms with E-state index in [0.29, 0.717) is 17.9 Å². The van der Waals surface area contributed by atoms with Crippen molar-refractivity contribution in [2.75, 3.05) is 26.7 Å². The Bertz CT molecular complexity index is 240. The molecule has 4 heteroatoms. The van der Waals surface area contributed by atoms with Crippen LogP contribution in [0.1, 0.15) is 47.5 Å². The Balaban J connectivity index is 3.88. The SMILES string of the molecule is CCOC(CCNC(=NC)NCCC(C)C)C(C)C. The lowest BCUT2D eigenvalue weighted by Crippen LogP contribution is -2.39. The van der Waals surface area contributed by atoms with Gasteiger partial charge in [-0.1, -0.05) is 27.7 Å². The van der Waals surface area contributed by atoms with E-state index in [4.69, 9.17) is 4.74 Å². The minimum absolute atomic E-state index is 0.325. The molecule has 19 heavy (non-hydrogen) atoms. The van der Waals surface area contributed by atoms with Crippen molar-refractivity contribution in [3.63, 3.8) is 0 Å². The molecule has 4 nitrogen and oxygen atoms in total. The summed E-state index contributed by atoms with van der Waals surface area (Å²) in [5, 5.41) is 6.68. The van der Waals surface area contributed by atoms with Crippen LogP contribution in [0.25, 0.3) is 0 Å². The highest BCUT2D eigenvalue weighted by atomic mass is 16.5. The molecule has 0 saturated heterocycles. The Kier molecular flexibility index (Phi) is 10.6. The summed E-state index contributed by atoms with van der Waals surface area (Å²) < 4.78 is 5.73. The predicted molar refractivity (Wildman–Crippen MR) is 83.7 cm³/mol. The minimum atomic E-state index is 0.325. The van der Waals surface area contributed by atoms with Crippen LogP contribution >= 0.6 is 0 Å². The molecule has 0 aliphatic rings. The molecule has 114 valence electrons. The summed E-state index contributed by atoms with van der Waals surface area (Å²) in [4.78, 5) is 4.23. The number of guanidine groups is 1. The van der Waals surface area contributed by atoms with Gasteiger partial charge >= 0.3 is 0 Å². The van der Waals surface area contributed by atoms with Gasteiger partial charge < -0.3 is 15.4 Å². The molecular weight excluding hydrogens is 238 g/mol. The maximum absolute atomic E-state index is 5.73. The molecule has 0 spiro atoms. The predicted octanol–water partition coefficient (Wildman–Crippen LogP) is 2.65. The fourth-order valence-corrected chi connectivity index (χ4v) is 1.86. The number of hydrogen-bond acceptors (Lipinski definition) is 2. The van der Waals surface area contributed by atoms with Crippen molar-refractivity contribution in [1.29, 1.82) is 0 Å². The number of nitrogens with one attached hydrogen (secondary N) is 2. The molecule has 0 aromatic carbocycles. The summed E-state index contributed by atoms with van der Waals surface area (Å²) in [6.45, 7) is 13.6. The van der Waals surface area contributed by atoms with E-state index >= 15 is 0 Å². The molecule has 1 atom stereocenters. The van der Waals surface area contributed by atoms with Crippen molar-refractivity contribution in [3.05, 3.63) is 0 Å². The van der Waals surface area contributed by atoms with Crippen LogP contribution in [0.4, 0.5) is 0 Å². The second kappa shape index (κ2) is 11.1. The molecule has 0 aliphatic carbocycles. The average Bonchev–Trinajstić information content (AvgIpc) is 2.35. The molecule has 0 aromatic rings. The van der Waals surface area contributed by atoms with Crippen molar-refractivity contribution < 1.29 is 4.74 Å². The highest BCUT2D eigenvalue weighted by molar-refractivity contribution is 5.79. The Hall–Kier alpha value is -0.770. The quantitative estimate of drug-likeness (QED) is 0.500. The molecule has 0 amide bonds. The van der Waals surface area contributed by atoms with Crippen LogP contribution in [0.15, 0.2) is 4.99 Å². The van der Waals surface area contributed by atoms with Gasteiger partial charge in [-0.3, -0.25) is 4.99 Å². The molecule has 0 fully saturated rings. The number of ether oxygens (including phenoxy) is 1. The summed E-state index contributed by atoms with van der Waals surface area (Å²) in [7, 11) is 1.81. The first-order chi connectivity index (χ1) is 9.01. The van der Waals surface area contributed by atoms with Gasteiger partial charge in [-0.2, -0.15) is 0 Å². The molecular formula is C15H33N3O. The Labute approximate surface area is 119 Å². The van der Waals surface area contributed by atoms with E-state index in [1.165, 1.54) is 0 Å². The normalized spacial score (nSPS) is 14.0. The van der Waals surface area contributed by atoms with Crippen LogP contribution < -0.4 is 10.6 Å². The Morgan fingerprint density at radius 3 is 2.05 bits per heavy atom. The highest BCUT2D eigenvalue weighted by Crippen LogP contribution is 2.09. The van der Waals surface area contributed by atoms with E-state index in [1.807, 2.05) is 7.05 Å². The monoisotopic (exact) mass is 271 g/mol. The first kappa shape index (κ1) is 18.2. The third-order valence-corrected chi connectivity index (χ3v) is 3.08. The van der Waals surface area contributed by atoms with Gasteiger partial charge in [-0.25, -0.2) is 0 Å². The Morgan fingerprint density at radius 1 is 1.05 bits per heavy atom. The number of hydrogen-bond donors (Lipinski definition) is 2. The van der Waals surface area contributed by atoms with Crippen LogP contribution in [0.5, 0.6) is 0 Å². The second-order valence-electron chi connectivity index (χ2n) is 5.63. The molecule has 1 unspecified atom stereocenters. The van der Waals surface area contributed by atoms with Crippen LogP contribution in [-0.4, -0.2) is 38.8 Å². The van der Waals surface area contributed by atoms with Gasteiger partial charge in [0.1, 0.15) is 0 Å². The zero-order valence-corrected chi connectivity index (χ0v) is 13.6. The smallest absolute Gasteiger partial charge is 0.190 e. The minimum Gasteiger partial charge on any atom is -0.378 e. The van der Waals surface area contributed by atoms with Crippen molar-refractivity contribution in [3.8, 4) is 0 Å². The molecule has 0 rings (SSSR count). The van der Waals surface area contributed by atoms with E-state index in [-0.39, 0.29) is 0 Å². The number of rotatable bonds is 9. The van der Waals surface area contributed by atoms with Crippen LogP contribution in [0.2, 0.25) is 0 Å². The second-order valence-corrected chi connectivity index (χ2v) is 5.63. The molecule has 0 radical (unpaired) electrons. The van der Waals surface area contributed by atoms with E-state index < -0.39 is 0 Å². The van der Waals surface area contributed by atoms with Gasteiger partial charge in [0.05, 0.1) is 6.10 Å². The van der Waals surface area contributed by atoms with Crippen LogP contribution in [-0.2, 0) is 4.74 Å². The molecule has 0 bridgehead atoms. The topological polar surface area (TPSA) is 45.6 Å². The number of aliphatic imine (C=N–C) groups is 1. The highest BCUT2D eigenvalue weighted by Gasteiger charge is 2.12. The van der Waals surface area contributed by atoms with Crippen LogP contribution in [0, 0.1) is 11.8 Å². The van der Waals surface area contributed by atoms with E-state index in [0.717, 1.165) is 38.5 Å². The molecule has 0 aromatic heterocycles. The molecule has 2 N–H and O–H groups in total. The van der Waals surface area contributed by atoms with Gasteiger partial charge in [0.25, 0.3) is 0 Å². The lowest BCUT2D eigenvalue weighted by molar-refractivity contribution is 0.0258. The standard InChI is InChI=1S/C15H33N3O/c1-7-19-14(13(4)5)9-11-18-15(16-6)17-10-8-12(2)3/h12-14H,7-11H2,1-6H3,(H2,16,17,18). The fraction of sp³-hybridized carbons (Fsp3) is 0.933. The lowest BCUT2D eigenvalue weighted by Gasteiger charge is -2.21. The summed E-state index contributed by atoms with van der Waals surface area (Å²) in [5.74, 6) is 2.16. The van der Waals surface area contributed by atoms with Crippen LogP contribution in [0.3, 0.4) is 0 Å². The summed E-state index contributed by atoms with van der Waals surface area (Å²) >= 11 is 0. The Morgan fingerprint density at radius 2 is 1.63 bits per heavy atom.